The monoisotopic (exact) mass is 373 g/mol. The first-order valence-electron chi connectivity index (χ1n) is 7.54. The molecule has 0 N–H and O–H groups in total. The highest BCUT2D eigenvalue weighted by atomic mass is 35.5. The molecule has 135 valence electrons. The van der Waals surface area contributed by atoms with Gasteiger partial charge in [0.15, 0.2) is 0 Å². The van der Waals surface area contributed by atoms with E-state index in [0.29, 0.717) is 38.6 Å². The van der Waals surface area contributed by atoms with E-state index in [0.717, 1.165) is 7.05 Å². The number of hydrogen-bond acceptors (Lipinski definition) is 2. The van der Waals surface area contributed by atoms with Crippen molar-refractivity contribution in [2.24, 2.45) is 13.0 Å². The maximum absolute atomic E-state index is 12.9. The van der Waals surface area contributed by atoms with Crippen LogP contribution in [0.5, 0.6) is 0 Å². The van der Waals surface area contributed by atoms with E-state index in [4.69, 9.17) is 11.6 Å². The van der Waals surface area contributed by atoms with Gasteiger partial charge in [-0.05, 0) is 36.1 Å². The molecule has 0 aliphatic heterocycles. The summed E-state index contributed by atoms with van der Waals surface area (Å²) < 4.78 is 39.8. The number of halogens is 4. The Bertz CT molecular complexity index is 900. The van der Waals surface area contributed by atoms with Gasteiger partial charge >= 0.3 is 11.9 Å². The van der Waals surface area contributed by atoms with Crippen LogP contribution in [0.25, 0.3) is 5.69 Å². The normalized spacial score (nSPS) is 13.1. The van der Waals surface area contributed by atoms with Crippen LogP contribution in [0.1, 0.15) is 24.6 Å². The van der Waals surface area contributed by atoms with Gasteiger partial charge < -0.3 is 0 Å². The van der Waals surface area contributed by atoms with E-state index in [-0.39, 0.29) is 11.6 Å². The Kier molecular flexibility index (Phi) is 5.46. The van der Waals surface area contributed by atoms with Crippen molar-refractivity contribution in [2.45, 2.75) is 25.9 Å². The van der Waals surface area contributed by atoms with Gasteiger partial charge in [-0.1, -0.05) is 31.9 Å². The molecule has 0 spiro atoms. The average molecular weight is 374 g/mol. The van der Waals surface area contributed by atoms with Gasteiger partial charge in [0, 0.05) is 18.1 Å². The van der Waals surface area contributed by atoms with Crippen LogP contribution in [-0.4, -0.2) is 9.13 Å². The minimum Gasteiger partial charge on any atom is -0.292 e. The molecule has 0 saturated carbocycles. The highest BCUT2D eigenvalue weighted by Crippen LogP contribution is 2.27. The van der Waals surface area contributed by atoms with Gasteiger partial charge in [0.2, 0.25) is 0 Å². The van der Waals surface area contributed by atoms with Crippen LogP contribution in [0.15, 0.2) is 33.9 Å². The number of rotatable bonds is 4. The highest BCUT2D eigenvalue weighted by molar-refractivity contribution is 6.31. The molecule has 1 atom stereocenters. The van der Waals surface area contributed by atoms with Crippen LogP contribution < -0.4 is 11.2 Å². The first kappa shape index (κ1) is 19.3. The van der Waals surface area contributed by atoms with Gasteiger partial charge in [0.05, 0.1) is 5.69 Å². The Balaban J connectivity index is 2.64. The molecule has 1 radical (unpaired) electrons. The second kappa shape index (κ2) is 7.07. The summed E-state index contributed by atoms with van der Waals surface area (Å²) in [7, 11) is 0.975. The van der Waals surface area contributed by atoms with E-state index in [1.165, 1.54) is 12.1 Å². The fraction of sp³-hybridized carbons (Fsp3) is 0.353. The van der Waals surface area contributed by atoms with Gasteiger partial charge in [-0.2, -0.15) is 13.2 Å². The third-order valence-electron chi connectivity index (χ3n) is 3.96. The summed E-state index contributed by atoms with van der Waals surface area (Å²) in [5, 5.41) is 0.459. The topological polar surface area (TPSA) is 44.0 Å². The zero-order valence-electron chi connectivity index (χ0n) is 13.7. The van der Waals surface area contributed by atoms with Crippen LogP contribution in [0.3, 0.4) is 0 Å². The zero-order valence-corrected chi connectivity index (χ0v) is 14.5. The summed E-state index contributed by atoms with van der Waals surface area (Å²) in [5.41, 5.74) is -2.54. The maximum Gasteiger partial charge on any atom is 0.431 e. The van der Waals surface area contributed by atoms with Crippen molar-refractivity contribution >= 4 is 11.6 Å². The molecule has 4 nitrogen and oxygen atoms in total. The van der Waals surface area contributed by atoms with Gasteiger partial charge in [0.1, 0.15) is 5.69 Å². The van der Waals surface area contributed by atoms with Crippen molar-refractivity contribution < 1.29 is 13.2 Å². The number of aromatic nitrogens is 2. The summed E-state index contributed by atoms with van der Waals surface area (Å²) >= 11 is 6.14. The third-order valence-corrected chi connectivity index (χ3v) is 4.33. The number of alkyl halides is 3. The fourth-order valence-corrected chi connectivity index (χ4v) is 2.66. The maximum atomic E-state index is 12.9. The molecule has 25 heavy (non-hydrogen) atoms. The van der Waals surface area contributed by atoms with Crippen molar-refractivity contribution in [3.8, 4) is 5.69 Å². The lowest BCUT2D eigenvalue weighted by molar-refractivity contribution is -0.144. The molecule has 1 unspecified atom stereocenters. The van der Waals surface area contributed by atoms with E-state index >= 15 is 0 Å². The summed E-state index contributed by atoms with van der Waals surface area (Å²) in [6.45, 7) is 5.78. The first-order valence-corrected chi connectivity index (χ1v) is 7.92. The predicted octanol–water partition coefficient (Wildman–Crippen LogP) is 3.61. The van der Waals surface area contributed by atoms with Crippen molar-refractivity contribution in [2.75, 3.05) is 0 Å². The lowest BCUT2D eigenvalue weighted by Crippen LogP contribution is -2.40. The van der Waals surface area contributed by atoms with Gasteiger partial charge in [-0.25, -0.2) is 9.36 Å². The molecular weight excluding hydrogens is 357 g/mol. The highest BCUT2D eigenvalue weighted by Gasteiger charge is 2.35. The molecule has 0 aliphatic carbocycles. The number of hydrogen-bond donors (Lipinski definition) is 0. The molecule has 0 amide bonds. The molecule has 0 fully saturated rings. The van der Waals surface area contributed by atoms with Crippen molar-refractivity contribution in [3.05, 3.63) is 68.3 Å². The summed E-state index contributed by atoms with van der Waals surface area (Å²) in [5.74, 6) is 0.222. The minimum atomic E-state index is -4.79. The van der Waals surface area contributed by atoms with Crippen LogP contribution in [-0.2, 0) is 19.6 Å². The third kappa shape index (κ3) is 3.98. The van der Waals surface area contributed by atoms with Crippen LogP contribution in [0, 0.1) is 12.8 Å². The molecule has 0 bridgehead atoms. The summed E-state index contributed by atoms with van der Waals surface area (Å²) in [6, 6.07) is 4.90. The second-order valence-corrected chi connectivity index (χ2v) is 6.32. The van der Waals surface area contributed by atoms with E-state index in [2.05, 4.69) is 6.92 Å². The van der Waals surface area contributed by atoms with E-state index in [1.54, 1.807) is 6.07 Å². The smallest absolute Gasteiger partial charge is 0.292 e. The van der Waals surface area contributed by atoms with Gasteiger partial charge in [-0.15, -0.1) is 0 Å². The van der Waals surface area contributed by atoms with E-state index in [1.807, 2.05) is 6.92 Å². The van der Waals surface area contributed by atoms with E-state index < -0.39 is 23.1 Å². The Labute approximate surface area is 147 Å². The molecule has 1 heterocycles. The molecule has 8 heteroatoms. The second-order valence-electron chi connectivity index (χ2n) is 5.92. The molecule has 1 aromatic heterocycles. The quantitative estimate of drug-likeness (QED) is 0.821. The van der Waals surface area contributed by atoms with E-state index in [9.17, 15) is 22.8 Å². The fourth-order valence-electron chi connectivity index (χ4n) is 2.47. The molecule has 1 aromatic carbocycles. The van der Waals surface area contributed by atoms with Gasteiger partial charge in [0.25, 0.3) is 5.56 Å². The van der Waals surface area contributed by atoms with Gasteiger partial charge in [-0.3, -0.25) is 9.36 Å². The predicted molar refractivity (Wildman–Crippen MR) is 90.1 cm³/mol. The van der Waals surface area contributed by atoms with Crippen molar-refractivity contribution in [1.29, 1.82) is 0 Å². The Hall–Kier alpha value is -2.02. The lowest BCUT2D eigenvalue weighted by atomic mass is 9.98. The Morgan fingerprint density at radius 1 is 1.24 bits per heavy atom. The first-order chi connectivity index (χ1) is 11.6. The van der Waals surface area contributed by atoms with Crippen LogP contribution in [0.2, 0.25) is 5.02 Å². The molecule has 0 aliphatic rings. The van der Waals surface area contributed by atoms with Crippen molar-refractivity contribution in [1.82, 2.24) is 9.13 Å². The zero-order chi connectivity index (χ0) is 18.9. The Morgan fingerprint density at radius 2 is 1.88 bits per heavy atom. The van der Waals surface area contributed by atoms with Crippen LogP contribution in [0.4, 0.5) is 13.2 Å². The van der Waals surface area contributed by atoms with Crippen molar-refractivity contribution in [3.63, 3.8) is 0 Å². The SMILES string of the molecule is [CH2]CC(C)Cc1cc(-n2c(=O)cc(C(F)(F)F)n(C)c2=O)ccc1Cl. The molecule has 2 aromatic rings. The average Bonchev–Trinajstić information content (AvgIpc) is 2.52. The molecule has 2 rings (SSSR count). The number of nitrogens with zero attached hydrogens (tertiary/aromatic N) is 2. The van der Waals surface area contributed by atoms with Crippen LogP contribution >= 0.6 is 11.6 Å². The number of benzene rings is 1. The largest absolute Gasteiger partial charge is 0.431 e. The summed E-state index contributed by atoms with van der Waals surface area (Å²) in [6.07, 6.45) is -3.55. The summed E-state index contributed by atoms with van der Waals surface area (Å²) in [4.78, 5) is 24.5. The Morgan fingerprint density at radius 3 is 2.44 bits per heavy atom. The standard InChI is InChI=1S/C17H17ClF3N2O2/c1-4-10(2)7-11-8-12(5-6-13(11)18)23-15(24)9-14(17(19,20)21)22(3)16(23)25/h5-6,8-10H,1,4,7H2,2-3H3. The minimum absolute atomic E-state index is 0.176. The molecular formula is C17H17ClF3N2O2. The molecule has 0 saturated heterocycles. The lowest BCUT2D eigenvalue weighted by Gasteiger charge is -2.15.